The summed E-state index contributed by atoms with van der Waals surface area (Å²) in [4.78, 5) is 13.7. The molecule has 2 atom stereocenters. The van der Waals surface area contributed by atoms with Crippen LogP contribution in [0.15, 0.2) is 12.4 Å². The second kappa shape index (κ2) is 4.52. The van der Waals surface area contributed by atoms with E-state index in [-0.39, 0.29) is 11.8 Å². The third kappa shape index (κ3) is 2.01. The topological polar surface area (TPSA) is 87.0 Å². The maximum absolute atomic E-state index is 11.5. The monoisotopic (exact) mass is 223 g/mol. The lowest BCUT2D eigenvalue weighted by Gasteiger charge is -2.37. The molecule has 6 heteroatoms. The Morgan fingerprint density at radius 2 is 2.50 bits per heavy atom. The van der Waals surface area contributed by atoms with Crippen LogP contribution in [0.2, 0.25) is 0 Å². The number of hydrazine groups is 1. The van der Waals surface area contributed by atoms with Gasteiger partial charge in [-0.3, -0.25) is 15.3 Å². The van der Waals surface area contributed by atoms with Crippen LogP contribution >= 0.6 is 0 Å². The van der Waals surface area contributed by atoms with Gasteiger partial charge in [-0.15, -0.1) is 0 Å². The Balaban J connectivity index is 2.09. The lowest BCUT2D eigenvalue weighted by atomic mass is 9.92. The number of amides is 1. The van der Waals surface area contributed by atoms with Crippen LogP contribution in [-0.4, -0.2) is 28.7 Å². The summed E-state index contributed by atoms with van der Waals surface area (Å²) in [6.07, 6.45) is 5.50. The molecule has 88 valence electrons. The molecule has 1 aliphatic heterocycles. The van der Waals surface area contributed by atoms with Gasteiger partial charge in [0.25, 0.3) is 0 Å². The molecule has 1 aliphatic rings. The van der Waals surface area contributed by atoms with Crippen molar-refractivity contribution in [2.24, 2.45) is 11.8 Å². The highest BCUT2D eigenvalue weighted by molar-refractivity contribution is 5.79. The van der Waals surface area contributed by atoms with E-state index in [1.807, 2.05) is 6.20 Å². The fourth-order valence-electron chi connectivity index (χ4n) is 2.20. The van der Waals surface area contributed by atoms with Crippen molar-refractivity contribution >= 4 is 11.6 Å². The highest BCUT2D eigenvalue weighted by atomic mass is 16.2. The van der Waals surface area contributed by atoms with Gasteiger partial charge in [-0.05, 0) is 19.8 Å². The van der Waals surface area contributed by atoms with E-state index >= 15 is 0 Å². The first-order chi connectivity index (χ1) is 7.72. The number of nitrogens with two attached hydrogens (primary N) is 1. The molecule has 0 saturated carbocycles. The van der Waals surface area contributed by atoms with Gasteiger partial charge in [0.15, 0.2) is 0 Å². The summed E-state index contributed by atoms with van der Waals surface area (Å²) in [5.74, 6) is 5.05. The second-order valence-corrected chi connectivity index (χ2v) is 4.24. The predicted octanol–water partition coefficient (Wildman–Crippen LogP) is 0.00450. The van der Waals surface area contributed by atoms with Gasteiger partial charge in [-0.1, -0.05) is 0 Å². The van der Waals surface area contributed by atoms with Crippen LogP contribution in [0.4, 0.5) is 5.69 Å². The molecule has 0 spiro atoms. The van der Waals surface area contributed by atoms with Crippen molar-refractivity contribution in [2.75, 3.05) is 11.4 Å². The summed E-state index contributed by atoms with van der Waals surface area (Å²) in [5.41, 5.74) is 3.26. The van der Waals surface area contributed by atoms with E-state index in [2.05, 4.69) is 27.4 Å². The lowest BCUT2D eigenvalue weighted by Crippen LogP contribution is -2.48. The average molecular weight is 223 g/mol. The summed E-state index contributed by atoms with van der Waals surface area (Å²) in [7, 11) is 0. The average Bonchev–Trinajstić information content (AvgIpc) is 2.82. The Bertz CT molecular complexity index is 350. The highest BCUT2D eigenvalue weighted by Gasteiger charge is 2.29. The first kappa shape index (κ1) is 10.9. The van der Waals surface area contributed by atoms with Crippen molar-refractivity contribution in [3.05, 3.63) is 12.4 Å². The van der Waals surface area contributed by atoms with Crippen LogP contribution in [0, 0.1) is 5.92 Å². The zero-order valence-corrected chi connectivity index (χ0v) is 9.31. The first-order valence-electron chi connectivity index (χ1n) is 5.48. The molecule has 0 radical (unpaired) electrons. The number of nitrogens with one attached hydrogen (secondary N) is 2. The molecule has 1 aromatic heterocycles. The van der Waals surface area contributed by atoms with E-state index in [1.165, 1.54) is 0 Å². The minimum absolute atomic E-state index is 0.0314. The van der Waals surface area contributed by atoms with Crippen LogP contribution in [0.25, 0.3) is 0 Å². The SMILES string of the molecule is CC1CCC(C(=O)NN)CN1c1cn[nH]c1. The largest absolute Gasteiger partial charge is 0.366 e. The van der Waals surface area contributed by atoms with Crippen molar-refractivity contribution in [2.45, 2.75) is 25.8 Å². The number of rotatable bonds is 2. The number of carbonyl (C=O) groups excluding carboxylic acids is 1. The minimum Gasteiger partial charge on any atom is -0.366 e. The molecule has 1 amide bonds. The third-order valence-corrected chi connectivity index (χ3v) is 3.21. The Morgan fingerprint density at radius 3 is 3.12 bits per heavy atom. The maximum atomic E-state index is 11.5. The molecule has 1 fully saturated rings. The first-order valence-corrected chi connectivity index (χ1v) is 5.48. The van der Waals surface area contributed by atoms with Gasteiger partial charge in [-0.25, -0.2) is 5.84 Å². The van der Waals surface area contributed by atoms with E-state index < -0.39 is 0 Å². The molecule has 6 nitrogen and oxygen atoms in total. The van der Waals surface area contributed by atoms with Crippen LogP contribution in [-0.2, 0) is 4.79 Å². The molecule has 4 N–H and O–H groups in total. The molecule has 16 heavy (non-hydrogen) atoms. The lowest BCUT2D eigenvalue weighted by molar-refractivity contribution is -0.125. The summed E-state index contributed by atoms with van der Waals surface area (Å²) in [6, 6.07) is 0.430. The number of hydrogen-bond donors (Lipinski definition) is 3. The molecule has 2 unspecified atom stereocenters. The van der Waals surface area contributed by atoms with Gasteiger partial charge < -0.3 is 4.90 Å². The van der Waals surface area contributed by atoms with Crippen LogP contribution in [0.1, 0.15) is 19.8 Å². The number of H-pyrrole nitrogens is 1. The number of nitrogens with zero attached hydrogens (tertiary/aromatic N) is 2. The van der Waals surface area contributed by atoms with Crippen molar-refractivity contribution in [3.8, 4) is 0 Å². The Kier molecular flexibility index (Phi) is 3.09. The molecule has 2 heterocycles. The highest BCUT2D eigenvalue weighted by Crippen LogP contribution is 2.26. The normalized spacial score (nSPS) is 25.5. The maximum Gasteiger partial charge on any atom is 0.238 e. The van der Waals surface area contributed by atoms with Gasteiger partial charge in [0.1, 0.15) is 0 Å². The van der Waals surface area contributed by atoms with E-state index in [0.717, 1.165) is 18.5 Å². The minimum atomic E-state index is -0.0830. The Morgan fingerprint density at radius 1 is 1.69 bits per heavy atom. The van der Waals surface area contributed by atoms with Gasteiger partial charge in [-0.2, -0.15) is 5.10 Å². The second-order valence-electron chi connectivity index (χ2n) is 4.24. The molecule has 0 bridgehead atoms. The van der Waals surface area contributed by atoms with E-state index in [9.17, 15) is 4.79 Å². The number of anilines is 1. The van der Waals surface area contributed by atoms with Crippen LogP contribution in [0.3, 0.4) is 0 Å². The number of hydrogen-bond acceptors (Lipinski definition) is 4. The van der Waals surface area contributed by atoms with Crippen molar-refractivity contribution in [3.63, 3.8) is 0 Å². The van der Waals surface area contributed by atoms with Crippen molar-refractivity contribution in [1.29, 1.82) is 0 Å². The van der Waals surface area contributed by atoms with E-state index in [1.54, 1.807) is 6.20 Å². The Labute approximate surface area is 94.2 Å². The van der Waals surface area contributed by atoms with Crippen LogP contribution in [0.5, 0.6) is 0 Å². The molecule has 2 rings (SSSR count). The molecule has 1 aromatic rings. The quantitative estimate of drug-likeness (QED) is 0.374. The number of carbonyl (C=O) groups is 1. The third-order valence-electron chi connectivity index (χ3n) is 3.21. The number of aromatic nitrogens is 2. The van der Waals surface area contributed by atoms with Crippen molar-refractivity contribution in [1.82, 2.24) is 15.6 Å². The zero-order valence-electron chi connectivity index (χ0n) is 9.31. The summed E-state index contributed by atoms with van der Waals surface area (Å²) in [5, 5.41) is 6.72. The zero-order chi connectivity index (χ0) is 11.5. The smallest absolute Gasteiger partial charge is 0.238 e. The standard InChI is InChI=1S/C10H17N5O/c1-7-2-3-8(10(16)14-11)6-15(7)9-4-12-13-5-9/h4-5,7-8H,2-3,6,11H2,1H3,(H,12,13)(H,14,16). The summed E-state index contributed by atoms with van der Waals surface area (Å²) in [6.45, 7) is 2.85. The summed E-state index contributed by atoms with van der Waals surface area (Å²) >= 11 is 0. The number of piperidine rings is 1. The molecule has 0 aromatic carbocycles. The summed E-state index contributed by atoms with van der Waals surface area (Å²) < 4.78 is 0. The van der Waals surface area contributed by atoms with E-state index in [4.69, 9.17) is 5.84 Å². The van der Waals surface area contributed by atoms with Gasteiger partial charge in [0.2, 0.25) is 5.91 Å². The van der Waals surface area contributed by atoms with Gasteiger partial charge in [0.05, 0.1) is 17.8 Å². The molecule has 0 aliphatic carbocycles. The van der Waals surface area contributed by atoms with Crippen molar-refractivity contribution < 1.29 is 4.79 Å². The van der Waals surface area contributed by atoms with E-state index in [0.29, 0.717) is 12.6 Å². The van der Waals surface area contributed by atoms with Gasteiger partial charge in [0, 0.05) is 18.8 Å². The van der Waals surface area contributed by atoms with Crippen LogP contribution < -0.4 is 16.2 Å². The van der Waals surface area contributed by atoms with Gasteiger partial charge >= 0.3 is 0 Å². The fourth-order valence-corrected chi connectivity index (χ4v) is 2.20. The number of aromatic amines is 1. The molecular formula is C10H17N5O. The predicted molar refractivity (Wildman–Crippen MR) is 60.4 cm³/mol. The molecule has 1 saturated heterocycles. The Hall–Kier alpha value is -1.56. The fraction of sp³-hybridized carbons (Fsp3) is 0.600. The molecular weight excluding hydrogens is 206 g/mol.